The number of rotatable bonds is 11. The maximum Gasteiger partial charge on any atom is 0.295 e. The van der Waals surface area contributed by atoms with Gasteiger partial charge in [0.15, 0.2) is 5.75 Å². The Labute approximate surface area is 211 Å². The third-order valence-electron chi connectivity index (χ3n) is 5.24. The summed E-state index contributed by atoms with van der Waals surface area (Å²) in [4.78, 5) is 33.9. The molecule has 0 saturated heterocycles. The molecule has 1 N–H and O–H groups in total. The van der Waals surface area contributed by atoms with Crippen molar-refractivity contribution in [1.29, 1.82) is 0 Å². The lowest BCUT2D eigenvalue weighted by Gasteiger charge is -2.24. The van der Waals surface area contributed by atoms with Crippen LogP contribution in [0.2, 0.25) is 0 Å². The van der Waals surface area contributed by atoms with E-state index >= 15 is 0 Å². The van der Waals surface area contributed by atoms with E-state index in [9.17, 15) is 18.0 Å². The molecule has 0 atom stereocenters. The average molecular weight is 511 g/mol. The summed E-state index contributed by atoms with van der Waals surface area (Å²) in [5.41, 5.74) is 0.549. The number of anilines is 1. The number of sulfonamides is 1. The lowest BCUT2D eigenvalue weighted by atomic mass is 10.2. The van der Waals surface area contributed by atoms with Crippen molar-refractivity contribution in [2.45, 2.75) is 4.90 Å². The highest BCUT2D eigenvalue weighted by Crippen LogP contribution is 2.26. The molecule has 0 aliphatic carbocycles. The number of carbonyl (C=O) groups is 2. The Morgan fingerprint density at radius 2 is 1.39 bits per heavy atom. The van der Waals surface area contributed by atoms with E-state index in [2.05, 4.69) is 5.32 Å². The van der Waals surface area contributed by atoms with E-state index in [0.717, 1.165) is 4.47 Å². The Kier molecular flexibility index (Phi) is 9.04. The normalized spacial score (nSPS) is 11.1. The van der Waals surface area contributed by atoms with Gasteiger partial charge in [-0.05, 0) is 62.6 Å². The zero-order chi connectivity index (χ0) is 26.1. The Morgan fingerprint density at radius 1 is 0.806 bits per heavy atom. The molecule has 0 radical (unpaired) electrons. The Balaban J connectivity index is 1.73. The molecule has 36 heavy (non-hydrogen) atoms. The molecule has 2 amide bonds. The molecule has 0 aliphatic rings. The monoisotopic (exact) mass is 510 g/mol. The van der Waals surface area contributed by atoms with Crippen LogP contribution in [0.15, 0.2) is 89.8 Å². The van der Waals surface area contributed by atoms with E-state index in [1.807, 2.05) is 19.0 Å². The van der Waals surface area contributed by atoms with Crippen LogP contribution in [0.4, 0.5) is 5.69 Å². The fourth-order valence-electron chi connectivity index (χ4n) is 3.11. The van der Waals surface area contributed by atoms with Gasteiger partial charge in [0.1, 0.15) is 0 Å². The predicted octanol–water partition coefficient (Wildman–Crippen LogP) is 2.63. The van der Waals surface area contributed by atoms with Crippen LogP contribution in [-0.2, 0) is 14.8 Å². The smallest absolute Gasteiger partial charge is 0.295 e. The van der Waals surface area contributed by atoms with Crippen molar-refractivity contribution in [2.24, 2.45) is 0 Å². The van der Waals surface area contributed by atoms with Crippen LogP contribution < -0.4 is 14.6 Å². The fourth-order valence-corrected chi connectivity index (χ4v) is 4.36. The van der Waals surface area contributed by atoms with Gasteiger partial charge in [0.25, 0.3) is 15.9 Å². The number of carbonyl (C=O) groups excluding carboxylic acids is 2. The van der Waals surface area contributed by atoms with Crippen molar-refractivity contribution in [2.75, 3.05) is 45.2 Å². The van der Waals surface area contributed by atoms with Crippen LogP contribution in [-0.4, -0.2) is 70.8 Å². The molecule has 0 spiro atoms. The highest BCUT2D eigenvalue weighted by molar-refractivity contribution is 7.92. The minimum Gasteiger partial charge on any atom is -0.364 e. The van der Waals surface area contributed by atoms with Crippen LogP contribution in [0.25, 0.3) is 0 Å². The van der Waals surface area contributed by atoms with Crippen molar-refractivity contribution >= 4 is 27.5 Å². The maximum atomic E-state index is 13.5. The molecule has 0 aliphatic heterocycles. The Bertz CT molecular complexity index is 1250. The summed E-state index contributed by atoms with van der Waals surface area (Å²) in [6, 6.07) is 22.5. The van der Waals surface area contributed by atoms with E-state index in [1.54, 1.807) is 72.6 Å². The number of likely N-dealkylation sites (N-methyl/N-ethyl adjacent to an activating group) is 2. The minimum atomic E-state index is -4.13. The van der Waals surface area contributed by atoms with Crippen LogP contribution in [0.1, 0.15) is 10.4 Å². The molecule has 0 unspecified atom stereocenters. The molecule has 3 aromatic carbocycles. The van der Waals surface area contributed by atoms with Crippen LogP contribution in [0, 0.1) is 0 Å². The Morgan fingerprint density at radius 3 is 1.97 bits per heavy atom. The van der Waals surface area contributed by atoms with Gasteiger partial charge in [-0.1, -0.05) is 40.9 Å². The second kappa shape index (κ2) is 12.2. The minimum absolute atomic E-state index is 0.0571. The third-order valence-corrected chi connectivity index (χ3v) is 6.83. The Hall–Kier alpha value is -3.89. The number of nitrogens with one attached hydrogen (secondary N) is 1. The molecule has 0 bridgehead atoms. The van der Waals surface area contributed by atoms with Gasteiger partial charge in [0.2, 0.25) is 5.91 Å². The van der Waals surface area contributed by atoms with Gasteiger partial charge in [-0.15, -0.1) is 0 Å². The zero-order valence-corrected chi connectivity index (χ0v) is 21.3. The second-order valence-electron chi connectivity index (χ2n) is 8.30. The summed E-state index contributed by atoms with van der Waals surface area (Å²) in [6.45, 7) is 1.09. The summed E-state index contributed by atoms with van der Waals surface area (Å²) < 4.78 is 27.8. The lowest BCUT2D eigenvalue weighted by Crippen LogP contribution is -2.40. The van der Waals surface area contributed by atoms with Gasteiger partial charge in [0, 0.05) is 25.7 Å². The van der Waals surface area contributed by atoms with Gasteiger partial charge in [-0.25, -0.2) is 0 Å². The van der Waals surface area contributed by atoms with Crippen molar-refractivity contribution in [3.8, 4) is 5.75 Å². The summed E-state index contributed by atoms with van der Waals surface area (Å²) in [6.07, 6.45) is 0. The van der Waals surface area contributed by atoms with Crippen molar-refractivity contribution in [3.63, 3.8) is 0 Å². The van der Waals surface area contributed by atoms with E-state index in [-0.39, 0.29) is 22.9 Å². The highest BCUT2D eigenvalue weighted by atomic mass is 32.2. The molecule has 0 aromatic heterocycles. The average Bonchev–Trinajstić information content (AvgIpc) is 2.89. The predicted molar refractivity (Wildman–Crippen MR) is 138 cm³/mol. The first kappa shape index (κ1) is 26.7. The van der Waals surface area contributed by atoms with E-state index < -0.39 is 15.9 Å². The quantitative estimate of drug-likeness (QED) is 0.398. The van der Waals surface area contributed by atoms with Gasteiger partial charge in [-0.2, -0.15) is 8.42 Å². The van der Waals surface area contributed by atoms with Gasteiger partial charge >= 0.3 is 0 Å². The van der Waals surface area contributed by atoms with Crippen molar-refractivity contribution in [3.05, 3.63) is 90.5 Å². The molecule has 0 saturated carbocycles. The summed E-state index contributed by atoms with van der Waals surface area (Å²) in [5, 5.41) is 2.58. The summed E-state index contributed by atoms with van der Waals surface area (Å²) in [7, 11) is 1.37. The van der Waals surface area contributed by atoms with Crippen LogP contribution in [0.3, 0.4) is 0 Å². The lowest BCUT2D eigenvalue weighted by molar-refractivity contribution is -0.128. The van der Waals surface area contributed by atoms with Crippen LogP contribution >= 0.6 is 0 Å². The standard InChI is InChI=1S/C26H30N4O5S/c1-28(2)18-19-29(3)25(31)20-27-26(32)21-14-16-24(17-15-21)36(33,34)30(22-10-6-4-7-11-22)35-23-12-8-5-9-13-23/h4-17H,18-20H2,1-3H3,(H,27,32). The van der Waals surface area contributed by atoms with E-state index in [4.69, 9.17) is 4.84 Å². The number of benzene rings is 3. The molecule has 10 heteroatoms. The first-order valence-corrected chi connectivity index (χ1v) is 12.7. The molecule has 0 heterocycles. The second-order valence-corrected chi connectivity index (χ2v) is 10.1. The summed E-state index contributed by atoms with van der Waals surface area (Å²) in [5.74, 6) is -0.351. The SMILES string of the molecule is CN(C)CCN(C)C(=O)CNC(=O)c1ccc(S(=O)(=O)N(Oc2ccccc2)c2ccccc2)cc1. The molecular weight excluding hydrogens is 480 g/mol. The molecular formula is C26H30N4O5S. The fraction of sp³-hybridized carbons (Fsp3) is 0.231. The summed E-state index contributed by atoms with van der Waals surface area (Å²) >= 11 is 0. The largest absolute Gasteiger partial charge is 0.364 e. The van der Waals surface area contributed by atoms with Crippen LogP contribution in [0.5, 0.6) is 5.75 Å². The van der Waals surface area contributed by atoms with Gasteiger partial charge in [0.05, 0.1) is 17.1 Å². The zero-order valence-electron chi connectivity index (χ0n) is 20.5. The molecule has 190 valence electrons. The van der Waals surface area contributed by atoms with E-state index in [1.165, 1.54) is 24.3 Å². The van der Waals surface area contributed by atoms with E-state index in [0.29, 0.717) is 24.5 Å². The number of hydrogen-bond acceptors (Lipinski definition) is 6. The molecule has 3 aromatic rings. The van der Waals surface area contributed by atoms with Crippen molar-refractivity contribution in [1.82, 2.24) is 15.1 Å². The third kappa shape index (κ3) is 7.06. The number of nitrogens with zero attached hydrogens (tertiary/aromatic N) is 3. The first-order valence-electron chi connectivity index (χ1n) is 11.3. The molecule has 0 fully saturated rings. The number of para-hydroxylation sites is 2. The number of amides is 2. The molecule has 3 rings (SSSR count). The van der Waals surface area contributed by atoms with Gasteiger partial charge < -0.3 is 20.0 Å². The topological polar surface area (TPSA) is 99.3 Å². The maximum absolute atomic E-state index is 13.5. The molecule has 9 nitrogen and oxygen atoms in total. The highest BCUT2D eigenvalue weighted by Gasteiger charge is 2.28. The first-order chi connectivity index (χ1) is 17.2. The number of hydrogen-bond donors (Lipinski definition) is 1. The van der Waals surface area contributed by atoms with Crippen molar-refractivity contribution < 1.29 is 22.8 Å². The van der Waals surface area contributed by atoms with Gasteiger partial charge in [-0.3, -0.25) is 9.59 Å².